The lowest BCUT2D eigenvalue weighted by atomic mass is 10.1. The lowest BCUT2D eigenvalue weighted by Crippen LogP contribution is -2.23. The molecule has 2 rings (SSSR count). The quantitative estimate of drug-likeness (QED) is 0.904. The third-order valence-electron chi connectivity index (χ3n) is 2.89. The molecule has 1 aliphatic heterocycles. The Bertz CT molecular complexity index is 479. The average molecular weight is 275 g/mol. The van der Waals surface area contributed by atoms with Crippen molar-refractivity contribution in [1.29, 1.82) is 0 Å². The van der Waals surface area contributed by atoms with Crippen LogP contribution in [0.3, 0.4) is 0 Å². The molecule has 0 aromatic carbocycles. The number of sulfone groups is 1. The first-order chi connectivity index (χ1) is 7.96. The summed E-state index contributed by atoms with van der Waals surface area (Å²) in [4.78, 5) is 4.43. The van der Waals surface area contributed by atoms with Crippen LogP contribution in [0.15, 0.2) is 5.38 Å². The van der Waals surface area contributed by atoms with Crippen molar-refractivity contribution in [2.45, 2.75) is 38.2 Å². The number of aromatic nitrogens is 1. The SMILES string of the molecule is CC(O)Cc1csc(C2CCCS(=O)(=O)C2)n1. The van der Waals surface area contributed by atoms with Gasteiger partial charge in [-0.25, -0.2) is 13.4 Å². The van der Waals surface area contributed by atoms with E-state index in [9.17, 15) is 13.5 Å². The smallest absolute Gasteiger partial charge is 0.151 e. The zero-order valence-corrected chi connectivity index (χ0v) is 11.4. The second kappa shape index (κ2) is 5.04. The van der Waals surface area contributed by atoms with Gasteiger partial charge in [-0.15, -0.1) is 11.3 Å². The zero-order chi connectivity index (χ0) is 12.5. The average Bonchev–Trinajstić information content (AvgIpc) is 2.63. The van der Waals surface area contributed by atoms with Gasteiger partial charge in [0.15, 0.2) is 9.84 Å². The van der Waals surface area contributed by atoms with Crippen LogP contribution in [0.1, 0.15) is 36.4 Å². The zero-order valence-electron chi connectivity index (χ0n) is 9.80. The van der Waals surface area contributed by atoms with Crippen molar-refractivity contribution in [3.05, 3.63) is 16.1 Å². The molecule has 0 bridgehead atoms. The number of hydrogen-bond acceptors (Lipinski definition) is 5. The van der Waals surface area contributed by atoms with Gasteiger partial charge in [-0.05, 0) is 19.8 Å². The minimum absolute atomic E-state index is 0.0569. The fourth-order valence-corrected chi connectivity index (χ4v) is 4.91. The maximum Gasteiger partial charge on any atom is 0.151 e. The highest BCUT2D eigenvalue weighted by Crippen LogP contribution is 2.30. The summed E-state index contributed by atoms with van der Waals surface area (Å²) in [6.45, 7) is 1.73. The van der Waals surface area contributed by atoms with Gasteiger partial charge in [0.25, 0.3) is 0 Å². The van der Waals surface area contributed by atoms with Gasteiger partial charge in [-0.3, -0.25) is 0 Å². The molecule has 2 atom stereocenters. The van der Waals surface area contributed by atoms with Crippen molar-refractivity contribution >= 4 is 21.2 Å². The minimum atomic E-state index is -2.88. The molecule has 0 spiro atoms. The van der Waals surface area contributed by atoms with Crippen LogP contribution < -0.4 is 0 Å². The Morgan fingerprint density at radius 2 is 2.41 bits per heavy atom. The molecule has 0 aliphatic carbocycles. The molecule has 96 valence electrons. The normalized spacial score (nSPS) is 25.6. The van der Waals surface area contributed by atoms with E-state index in [-0.39, 0.29) is 11.7 Å². The predicted octanol–water partition coefficient (Wildman–Crippen LogP) is 1.36. The summed E-state index contributed by atoms with van der Waals surface area (Å²) in [5.41, 5.74) is 0.864. The Labute approximate surface area is 106 Å². The molecule has 4 nitrogen and oxygen atoms in total. The number of nitrogens with zero attached hydrogens (tertiary/aromatic N) is 1. The first kappa shape index (κ1) is 13.0. The fraction of sp³-hybridized carbons (Fsp3) is 0.727. The molecular weight excluding hydrogens is 258 g/mol. The Morgan fingerprint density at radius 1 is 1.65 bits per heavy atom. The van der Waals surface area contributed by atoms with Crippen molar-refractivity contribution in [2.24, 2.45) is 0 Å². The molecule has 1 N–H and O–H groups in total. The van der Waals surface area contributed by atoms with Crippen LogP contribution in [0, 0.1) is 0 Å². The summed E-state index contributed by atoms with van der Waals surface area (Å²) in [5.74, 6) is 0.603. The van der Waals surface area contributed by atoms with Gasteiger partial charge in [0.05, 0.1) is 28.3 Å². The van der Waals surface area contributed by atoms with E-state index in [2.05, 4.69) is 4.98 Å². The fourth-order valence-electron chi connectivity index (χ4n) is 2.12. The lowest BCUT2D eigenvalue weighted by Gasteiger charge is -2.19. The van der Waals surface area contributed by atoms with Crippen molar-refractivity contribution in [3.63, 3.8) is 0 Å². The topological polar surface area (TPSA) is 67.3 Å². The largest absolute Gasteiger partial charge is 0.393 e. The van der Waals surface area contributed by atoms with Gasteiger partial charge < -0.3 is 5.11 Å². The van der Waals surface area contributed by atoms with Crippen LogP contribution in [0.5, 0.6) is 0 Å². The highest BCUT2D eigenvalue weighted by Gasteiger charge is 2.27. The molecule has 17 heavy (non-hydrogen) atoms. The van der Waals surface area contributed by atoms with E-state index in [4.69, 9.17) is 0 Å². The van der Waals surface area contributed by atoms with Gasteiger partial charge in [0.1, 0.15) is 0 Å². The van der Waals surface area contributed by atoms with Crippen LogP contribution in [0.4, 0.5) is 0 Å². The van der Waals surface area contributed by atoms with Crippen molar-refractivity contribution < 1.29 is 13.5 Å². The van der Waals surface area contributed by atoms with Gasteiger partial charge in [-0.1, -0.05) is 0 Å². The molecule has 2 unspecified atom stereocenters. The highest BCUT2D eigenvalue weighted by atomic mass is 32.2. The Morgan fingerprint density at radius 3 is 3.06 bits per heavy atom. The van der Waals surface area contributed by atoms with Gasteiger partial charge in [0, 0.05) is 17.7 Å². The van der Waals surface area contributed by atoms with E-state index < -0.39 is 15.9 Å². The summed E-state index contributed by atoms with van der Waals surface area (Å²) < 4.78 is 23.1. The molecule has 0 radical (unpaired) electrons. The summed E-state index contributed by atoms with van der Waals surface area (Å²) in [7, 11) is -2.88. The number of aliphatic hydroxyl groups excluding tert-OH is 1. The van der Waals surface area contributed by atoms with Crippen LogP contribution >= 0.6 is 11.3 Å². The van der Waals surface area contributed by atoms with Crippen LogP contribution in [-0.2, 0) is 16.3 Å². The number of hydrogen-bond donors (Lipinski definition) is 1. The molecule has 1 saturated heterocycles. The first-order valence-electron chi connectivity index (χ1n) is 5.79. The van der Waals surface area contributed by atoms with Crippen molar-refractivity contribution in [1.82, 2.24) is 4.98 Å². The highest BCUT2D eigenvalue weighted by molar-refractivity contribution is 7.91. The predicted molar refractivity (Wildman–Crippen MR) is 68.1 cm³/mol. The van der Waals surface area contributed by atoms with E-state index in [1.807, 2.05) is 5.38 Å². The molecule has 0 amide bonds. The Balaban J connectivity index is 2.09. The molecule has 1 aromatic heterocycles. The Kier molecular flexibility index (Phi) is 3.85. The van der Waals surface area contributed by atoms with Crippen LogP contribution in [0.2, 0.25) is 0 Å². The summed E-state index contributed by atoms with van der Waals surface area (Å²) >= 11 is 1.51. The van der Waals surface area contributed by atoms with Crippen LogP contribution in [0.25, 0.3) is 0 Å². The Hall–Kier alpha value is -0.460. The van der Waals surface area contributed by atoms with E-state index in [1.54, 1.807) is 6.92 Å². The maximum atomic E-state index is 11.6. The minimum Gasteiger partial charge on any atom is -0.393 e. The third kappa shape index (κ3) is 3.50. The van der Waals surface area contributed by atoms with Crippen molar-refractivity contribution in [2.75, 3.05) is 11.5 Å². The van der Waals surface area contributed by atoms with E-state index in [1.165, 1.54) is 11.3 Å². The van der Waals surface area contributed by atoms with E-state index >= 15 is 0 Å². The van der Waals surface area contributed by atoms with E-state index in [0.717, 1.165) is 23.5 Å². The van der Waals surface area contributed by atoms with Crippen molar-refractivity contribution in [3.8, 4) is 0 Å². The summed E-state index contributed by atoms with van der Waals surface area (Å²) in [5, 5.41) is 12.1. The molecular formula is C11H17NO3S2. The summed E-state index contributed by atoms with van der Waals surface area (Å²) in [6.07, 6.45) is 1.77. The standard InChI is InChI=1S/C11H17NO3S2/c1-8(13)5-10-6-16-11(12-10)9-3-2-4-17(14,15)7-9/h6,8-9,13H,2-5,7H2,1H3. The molecule has 0 saturated carbocycles. The van der Waals surface area contributed by atoms with Gasteiger partial charge in [-0.2, -0.15) is 0 Å². The maximum absolute atomic E-state index is 11.6. The second-order valence-electron chi connectivity index (χ2n) is 4.68. The van der Waals surface area contributed by atoms with Crippen LogP contribution in [-0.4, -0.2) is 36.1 Å². The van der Waals surface area contributed by atoms with Gasteiger partial charge in [0.2, 0.25) is 0 Å². The first-order valence-corrected chi connectivity index (χ1v) is 8.49. The summed E-state index contributed by atoms with van der Waals surface area (Å²) in [6, 6.07) is 0. The number of thiazole rings is 1. The lowest BCUT2D eigenvalue weighted by molar-refractivity contribution is 0.194. The number of rotatable bonds is 3. The molecule has 6 heteroatoms. The third-order valence-corrected chi connectivity index (χ3v) is 5.76. The number of aliphatic hydroxyl groups is 1. The second-order valence-corrected chi connectivity index (χ2v) is 7.80. The molecule has 1 fully saturated rings. The molecule has 1 aromatic rings. The molecule has 2 heterocycles. The van der Waals surface area contributed by atoms with Gasteiger partial charge >= 0.3 is 0 Å². The molecule has 1 aliphatic rings. The van der Waals surface area contributed by atoms with E-state index in [0.29, 0.717) is 12.2 Å². The monoisotopic (exact) mass is 275 g/mol.